The summed E-state index contributed by atoms with van der Waals surface area (Å²) in [6, 6.07) is 13.7. The average Bonchev–Trinajstić information content (AvgIpc) is 2.29. The molecule has 2 aromatic carbocycles. The predicted molar refractivity (Wildman–Crippen MR) is 73.3 cm³/mol. The van der Waals surface area contributed by atoms with Crippen molar-refractivity contribution >= 4 is 34.4 Å². The maximum Gasteiger partial charge on any atom is 0.327 e. The van der Waals surface area contributed by atoms with Crippen LogP contribution in [0.3, 0.4) is 0 Å². The lowest BCUT2D eigenvalue weighted by Crippen LogP contribution is -1.98. The second-order valence-electron chi connectivity index (χ2n) is 3.28. The Balaban J connectivity index is 2.65. The molecule has 0 saturated heterocycles. The first kappa shape index (κ1) is 11.5. The first-order chi connectivity index (χ1) is 7.70. The normalized spacial score (nSPS) is 11.2. The van der Waals surface area contributed by atoms with Gasteiger partial charge in [-0.05, 0) is 18.2 Å². The van der Waals surface area contributed by atoms with Gasteiger partial charge in [-0.15, -0.1) is 0 Å². The zero-order valence-corrected chi connectivity index (χ0v) is 10.8. The third-order valence-corrected chi connectivity index (χ3v) is 4.19. The van der Waals surface area contributed by atoms with Gasteiger partial charge in [0.15, 0.2) is 28.4 Å². The summed E-state index contributed by atoms with van der Waals surface area (Å²) in [6.45, 7) is 0. The van der Waals surface area contributed by atoms with E-state index in [0.717, 1.165) is 16.4 Å². The molecule has 1 unspecified atom stereocenters. The Morgan fingerprint density at radius 3 is 2.12 bits per heavy atom. The topological polar surface area (TPSA) is 20.2 Å². The molecule has 0 aliphatic rings. The summed E-state index contributed by atoms with van der Waals surface area (Å²) < 4.78 is 0. The van der Waals surface area contributed by atoms with Gasteiger partial charge in [-0.25, -0.2) is 0 Å². The van der Waals surface area contributed by atoms with Gasteiger partial charge in [-0.2, -0.15) is 0 Å². The van der Waals surface area contributed by atoms with Crippen molar-refractivity contribution in [2.45, 2.75) is 0 Å². The van der Waals surface area contributed by atoms with E-state index in [9.17, 15) is 5.11 Å². The smallest absolute Gasteiger partial charge is 0.327 e. The molecule has 0 amide bonds. The SMILES string of the molecule is Oc1ccccc1-c1ccccc1[P+](=S)Cl. The lowest BCUT2D eigenvalue weighted by atomic mass is 10.0. The monoisotopic (exact) mass is 267 g/mol. The molecule has 0 spiro atoms. The molecule has 0 bridgehead atoms. The van der Waals surface area contributed by atoms with Crippen LogP contribution in [0.25, 0.3) is 11.1 Å². The molecule has 0 aliphatic heterocycles. The van der Waals surface area contributed by atoms with E-state index in [0.29, 0.717) is 0 Å². The van der Waals surface area contributed by atoms with Crippen LogP contribution >= 0.6 is 17.3 Å². The number of phenols is 1. The Hall–Kier alpha value is -0.950. The van der Waals surface area contributed by atoms with Gasteiger partial charge in [0.1, 0.15) is 5.75 Å². The van der Waals surface area contributed by atoms with Crippen molar-refractivity contribution in [3.05, 3.63) is 48.5 Å². The van der Waals surface area contributed by atoms with Gasteiger partial charge in [-0.3, -0.25) is 0 Å². The lowest BCUT2D eigenvalue weighted by Gasteiger charge is -2.04. The van der Waals surface area contributed by atoms with Crippen LogP contribution in [0.4, 0.5) is 0 Å². The highest BCUT2D eigenvalue weighted by molar-refractivity contribution is 8.20. The number of para-hydroxylation sites is 1. The predicted octanol–water partition coefficient (Wildman–Crippen LogP) is 3.78. The van der Waals surface area contributed by atoms with Crippen LogP contribution in [-0.4, -0.2) is 5.11 Å². The number of halogens is 1. The van der Waals surface area contributed by atoms with Crippen LogP contribution in [0, 0.1) is 0 Å². The van der Waals surface area contributed by atoms with Gasteiger partial charge >= 0.3 is 6.05 Å². The number of hydrogen-bond donors (Lipinski definition) is 1. The molecule has 1 nitrogen and oxygen atoms in total. The van der Waals surface area contributed by atoms with Crippen LogP contribution < -0.4 is 5.30 Å². The van der Waals surface area contributed by atoms with Crippen molar-refractivity contribution in [1.82, 2.24) is 0 Å². The Kier molecular flexibility index (Phi) is 3.55. The van der Waals surface area contributed by atoms with E-state index < -0.39 is 6.05 Å². The minimum Gasteiger partial charge on any atom is -0.507 e. The molecule has 0 saturated carbocycles. The van der Waals surface area contributed by atoms with E-state index in [-0.39, 0.29) is 5.75 Å². The Labute approximate surface area is 105 Å². The van der Waals surface area contributed by atoms with Crippen LogP contribution in [-0.2, 0) is 11.8 Å². The van der Waals surface area contributed by atoms with Crippen molar-refractivity contribution in [2.75, 3.05) is 0 Å². The Morgan fingerprint density at radius 2 is 1.50 bits per heavy atom. The van der Waals surface area contributed by atoms with Crippen molar-refractivity contribution in [2.24, 2.45) is 0 Å². The van der Waals surface area contributed by atoms with E-state index in [4.69, 9.17) is 23.0 Å². The highest BCUT2D eigenvalue weighted by Gasteiger charge is 2.19. The minimum atomic E-state index is -1.11. The first-order valence-electron chi connectivity index (χ1n) is 4.70. The maximum atomic E-state index is 9.80. The molecule has 0 aromatic heterocycles. The van der Waals surface area contributed by atoms with Crippen molar-refractivity contribution < 1.29 is 5.11 Å². The minimum absolute atomic E-state index is 0.249. The molecule has 0 radical (unpaired) electrons. The fraction of sp³-hybridized carbons (Fsp3) is 0. The summed E-state index contributed by atoms with van der Waals surface area (Å²) in [4.78, 5) is 0. The van der Waals surface area contributed by atoms with Crippen LogP contribution in [0.15, 0.2) is 48.5 Å². The fourth-order valence-electron chi connectivity index (χ4n) is 1.56. The number of hydrogen-bond acceptors (Lipinski definition) is 2. The number of rotatable bonds is 2. The number of phenolic OH excluding ortho intramolecular Hbond substituents is 1. The summed E-state index contributed by atoms with van der Waals surface area (Å²) in [5, 5.41) is 10.7. The molecular weight excluding hydrogens is 259 g/mol. The summed E-state index contributed by atoms with van der Waals surface area (Å²) in [5.41, 5.74) is 1.69. The molecule has 1 N–H and O–H groups in total. The Bertz CT molecular complexity index is 542. The third kappa shape index (κ3) is 2.25. The zero-order valence-electron chi connectivity index (χ0n) is 8.30. The number of aromatic hydroxyl groups is 1. The summed E-state index contributed by atoms with van der Waals surface area (Å²) in [6.07, 6.45) is 0. The fourth-order valence-corrected chi connectivity index (χ4v) is 3.06. The van der Waals surface area contributed by atoms with Gasteiger partial charge in [0.2, 0.25) is 0 Å². The molecule has 4 heteroatoms. The molecule has 1 atom stereocenters. The first-order valence-corrected chi connectivity index (χ1v) is 7.96. The summed E-state index contributed by atoms with van der Waals surface area (Å²) in [7, 11) is 0. The lowest BCUT2D eigenvalue weighted by molar-refractivity contribution is 0.477. The van der Waals surface area contributed by atoms with Gasteiger partial charge < -0.3 is 5.11 Å². The number of benzene rings is 2. The van der Waals surface area contributed by atoms with Gasteiger partial charge in [0, 0.05) is 11.1 Å². The van der Waals surface area contributed by atoms with E-state index >= 15 is 0 Å². The van der Waals surface area contributed by atoms with Gasteiger partial charge in [0.25, 0.3) is 0 Å². The maximum absolute atomic E-state index is 9.80. The molecule has 0 fully saturated rings. The Morgan fingerprint density at radius 1 is 0.938 bits per heavy atom. The van der Waals surface area contributed by atoms with E-state index in [2.05, 4.69) is 0 Å². The molecule has 0 aliphatic carbocycles. The molecular formula is C12H9ClOPS+. The third-order valence-electron chi connectivity index (χ3n) is 2.29. The van der Waals surface area contributed by atoms with Crippen LogP contribution in [0.1, 0.15) is 0 Å². The van der Waals surface area contributed by atoms with Gasteiger partial charge in [-0.1, -0.05) is 30.3 Å². The van der Waals surface area contributed by atoms with Crippen molar-refractivity contribution in [1.29, 1.82) is 0 Å². The van der Waals surface area contributed by atoms with Crippen LogP contribution in [0.2, 0.25) is 0 Å². The summed E-state index contributed by atoms with van der Waals surface area (Å²) in [5.74, 6) is 0.249. The molecule has 16 heavy (non-hydrogen) atoms. The highest BCUT2D eigenvalue weighted by atomic mass is 35.7. The van der Waals surface area contributed by atoms with Crippen molar-refractivity contribution in [3.8, 4) is 16.9 Å². The largest absolute Gasteiger partial charge is 0.507 e. The molecule has 80 valence electrons. The average molecular weight is 268 g/mol. The van der Waals surface area contributed by atoms with Gasteiger partial charge in [0.05, 0.1) is 0 Å². The molecule has 2 rings (SSSR count). The van der Waals surface area contributed by atoms with E-state index in [1.807, 2.05) is 36.4 Å². The zero-order chi connectivity index (χ0) is 11.5. The highest BCUT2D eigenvalue weighted by Crippen LogP contribution is 2.35. The summed E-state index contributed by atoms with van der Waals surface area (Å²) >= 11 is 11.1. The van der Waals surface area contributed by atoms with E-state index in [1.54, 1.807) is 12.1 Å². The standard InChI is InChI=1S/C12H8ClOPS/c13-15(16)12-8-4-2-6-10(12)9-5-1-3-7-11(9)14/h1-8H/p+1. The van der Waals surface area contributed by atoms with Crippen LogP contribution in [0.5, 0.6) is 5.75 Å². The van der Waals surface area contributed by atoms with Crippen molar-refractivity contribution in [3.63, 3.8) is 0 Å². The second-order valence-corrected chi connectivity index (χ2v) is 6.96. The molecule has 2 aromatic rings. The molecule has 0 heterocycles. The van der Waals surface area contributed by atoms with E-state index in [1.165, 1.54) is 0 Å². The second kappa shape index (κ2) is 4.92. The quantitative estimate of drug-likeness (QED) is 0.836.